The minimum Gasteiger partial charge on any atom is -0.448 e. The quantitative estimate of drug-likeness (QED) is 0.459. The van der Waals surface area contributed by atoms with Crippen LogP contribution in [0, 0.1) is 25.7 Å². The van der Waals surface area contributed by atoms with Crippen molar-refractivity contribution in [2.45, 2.75) is 69.8 Å². The molecule has 2 aliphatic heterocycles. The molecule has 2 aromatic rings. The van der Waals surface area contributed by atoms with E-state index in [9.17, 15) is 14.4 Å². The average molecular weight is 590 g/mol. The first-order chi connectivity index (χ1) is 19.0. The number of fused-ring (bicyclic) bond motifs is 1. The largest absolute Gasteiger partial charge is 0.448 e. The molecule has 2 fully saturated rings. The summed E-state index contributed by atoms with van der Waals surface area (Å²) in [6, 6.07) is 3.48. The number of aromatic nitrogens is 1. The molecular weight excluding hydrogens is 554 g/mol. The normalized spacial score (nSPS) is 24.1. The molecule has 1 unspecified atom stereocenters. The molecule has 9 nitrogen and oxygen atoms in total. The standard InChI is InChI=1S/C29H36ClN3O6S/c1-15-10-23(40-5)21(27(35)32-15)12-31-26(34)20-11-22(30)25-24(16(20)2)38-29(3,39-25)18-8-6-17(7-9-18)28(36)33-13-19(14-33)37-4/h10-11,17-19H,6-9,12-14H2,1-5H3,(H,31,34)(H,32,35). The van der Waals surface area contributed by atoms with Gasteiger partial charge >= 0.3 is 0 Å². The van der Waals surface area contributed by atoms with Crippen LogP contribution in [-0.4, -0.2) is 60.0 Å². The highest BCUT2D eigenvalue weighted by atomic mass is 35.5. The molecule has 1 aromatic carbocycles. The molecule has 2 N–H and O–H groups in total. The van der Waals surface area contributed by atoms with Crippen LogP contribution < -0.4 is 20.3 Å². The van der Waals surface area contributed by atoms with Crippen LogP contribution in [-0.2, 0) is 16.1 Å². The van der Waals surface area contributed by atoms with Gasteiger partial charge in [0.25, 0.3) is 17.3 Å². The molecule has 2 amide bonds. The van der Waals surface area contributed by atoms with Crippen molar-refractivity contribution < 1.29 is 23.8 Å². The molecule has 1 saturated heterocycles. The van der Waals surface area contributed by atoms with Gasteiger partial charge in [-0.3, -0.25) is 14.4 Å². The fourth-order valence-electron chi connectivity index (χ4n) is 5.94. The van der Waals surface area contributed by atoms with E-state index in [4.69, 9.17) is 25.8 Å². The molecule has 1 atom stereocenters. The first-order valence-corrected chi connectivity index (χ1v) is 15.2. The number of amides is 2. The first-order valence-electron chi connectivity index (χ1n) is 13.6. The lowest BCUT2D eigenvalue weighted by Gasteiger charge is -2.42. The van der Waals surface area contributed by atoms with E-state index in [-0.39, 0.29) is 41.9 Å². The van der Waals surface area contributed by atoms with Crippen molar-refractivity contribution in [2.75, 3.05) is 26.5 Å². The Morgan fingerprint density at radius 2 is 1.85 bits per heavy atom. The number of methoxy groups -OCH3 is 1. The number of halogens is 1. The summed E-state index contributed by atoms with van der Waals surface area (Å²) < 4.78 is 18.0. The van der Waals surface area contributed by atoms with Crippen LogP contribution in [0.1, 0.15) is 59.8 Å². The number of carbonyl (C=O) groups excluding carboxylic acids is 2. The molecular formula is C29H36ClN3O6S. The highest BCUT2D eigenvalue weighted by molar-refractivity contribution is 7.98. The Labute approximate surface area is 243 Å². The van der Waals surface area contributed by atoms with Gasteiger partial charge in [0.2, 0.25) is 5.91 Å². The number of benzene rings is 1. The Bertz CT molecular complexity index is 1380. The fourth-order valence-corrected chi connectivity index (χ4v) is 6.88. The maximum atomic E-state index is 13.2. The third kappa shape index (κ3) is 5.33. The summed E-state index contributed by atoms with van der Waals surface area (Å²) in [6.45, 7) is 6.96. The first kappa shape index (κ1) is 28.8. The number of nitrogens with one attached hydrogen (secondary N) is 2. The van der Waals surface area contributed by atoms with Crippen molar-refractivity contribution >= 4 is 35.2 Å². The Hall–Kier alpha value is -2.69. The number of hydrogen-bond acceptors (Lipinski definition) is 7. The molecule has 11 heteroatoms. The minimum atomic E-state index is -0.944. The second-order valence-electron chi connectivity index (χ2n) is 11.1. The van der Waals surface area contributed by atoms with Crippen molar-refractivity contribution in [1.29, 1.82) is 0 Å². The van der Waals surface area contributed by atoms with Crippen molar-refractivity contribution in [2.24, 2.45) is 11.8 Å². The van der Waals surface area contributed by atoms with E-state index in [0.717, 1.165) is 36.3 Å². The van der Waals surface area contributed by atoms with E-state index >= 15 is 0 Å². The molecule has 0 radical (unpaired) electrons. The van der Waals surface area contributed by atoms with Crippen LogP contribution in [0.5, 0.6) is 11.5 Å². The second kappa shape index (κ2) is 11.3. The monoisotopic (exact) mass is 589 g/mol. The van der Waals surface area contributed by atoms with E-state index in [1.807, 2.05) is 31.1 Å². The summed E-state index contributed by atoms with van der Waals surface area (Å²) in [5, 5.41) is 3.16. The Morgan fingerprint density at radius 1 is 1.18 bits per heavy atom. The predicted octanol–water partition coefficient (Wildman–Crippen LogP) is 4.45. The van der Waals surface area contributed by atoms with E-state index in [2.05, 4.69) is 10.3 Å². The van der Waals surface area contributed by atoms with Crippen LogP contribution in [0.4, 0.5) is 0 Å². The minimum absolute atomic E-state index is 0.00875. The van der Waals surface area contributed by atoms with Gasteiger partial charge in [-0.15, -0.1) is 11.8 Å². The molecule has 216 valence electrons. The summed E-state index contributed by atoms with van der Waals surface area (Å²) in [4.78, 5) is 44.1. The van der Waals surface area contributed by atoms with Gasteiger partial charge in [0.1, 0.15) is 0 Å². The zero-order chi connectivity index (χ0) is 28.8. The average Bonchev–Trinajstić information content (AvgIpc) is 3.28. The van der Waals surface area contributed by atoms with E-state index in [1.54, 1.807) is 20.1 Å². The number of aryl methyl sites for hydroxylation is 1. The molecule has 0 spiro atoms. The molecule has 1 aromatic heterocycles. The van der Waals surface area contributed by atoms with Gasteiger partial charge in [0, 0.05) is 72.8 Å². The fraction of sp³-hybridized carbons (Fsp3) is 0.552. The second-order valence-corrected chi connectivity index (χ2v) is 12.3. The Kier molecular flexibility index (Phi) is 8.14. The van der Waals surface area contributed by atoms with Gasteiger partial charge in [-0.05, 0) is 57.9 Å². The number of thioether (sulfide) groups is 1. The van der Waals surface area contributed by atoms with Crippen molar-refractivity contribution in [3.05, 3.63) is 49.9 Å². The van der Waals surface area contributed by atoms with Gasteiger partial charge in [-0.25, -0.2) is 0 Å². The molecule has 1 saturated carbocycles. The molecule has 0 bridgehead atoms. The summed E-state index contributed by atoms with van der Waals surface area (Å²) >= 11 is 8.07. The smallest absolute Gasteiger partial charge is 0.254 e. The highest BCUT2D eigenvalue weighted by Gasteiger charge is 2.48. The summed E-state index contributed by atoms with van der Waals surface area (Å²) in [5.74, 6) is -0.120. The number of rotatable bonds is 7. The van der Waals surface area contributed by atoms with Gasteiger partial charge in [-0.1, -0.05) is 11.6 Å². The van der Waals surface area contributed by atoms with Gasteiger partial charge in [0.15, 0.2) is 11.5 Å². The topological polar surface area (TPSA) is 110 Å². The zero-order valence-electron chi connectivity index (χ0n) is 23.5. The maximum Gasteiger partial charge on any atom is 0.254 e. The third-order valence-corrected chi connectivity index (χ3v) is 9.56. The Morgan fingerprint density at radius 3 is 2.50 bits per heavy atom. The molecule has 40 heavy (non-hydrogen) atoms. The number of pyridine rings is 1. The number of H-pyrrole nitrogens is 1. The van der Waals surface area contributed by atoms with Crippen LogP contribution in [0.2, 0.25) is 5.02 Å². The summed E-state index contributed by atoms with van der Waals surface area (Å²) in [6.07, 6.45) is 5.16. The van der Waals surface area contributed by atoms with Crippen LogP contribution in [0.25, 0.3) is 0 Å². The maximum absolute atomic E-state index is 13.2. The number of ether oxygens (including phenoxy) is 3. The van der Waals surface area contributed by atoms with Crippen molar-refractivity contribution in [3.63, 3.8) is 0 Å². The number of carbonyl (C=O) groups is 2. The third-order valence-electron chi connectivity index (χ3n) is 8.48. The number of hydrogen-bond donors (Lipinski definition) is 2. The van der Waals surface area contributed by atoms with Gasteiger partial charge < -0.3 is 29.4 Å². The molecule has 1 aliphatic carbocycles. The van der Waals surface area contributed by atoms with E-state index in [0.29, 0.717) is 46.3 Å². The SMILES string of the molecule is COC1CN(C(=O)C2CCC(C3(C)Oc4c(Cl)cc(C(=O)NCc5c(SC)cc(C)[nH]c5=O)c(C)c4O3)CC2)C1. The van der Waals surface area contributed by atoms with Crippen molar-refractivity contribution in [3.8, 4) is 11.5 Å². The number of likely N-dealkylation sites (tertiary alicyclic amines) is 1. The lowest BCUT2D eigenvalue weighted by molar-refractivity contribution is -0.153. The molecule has 5 rings (SSSR count). The molecule has 3 heterocycles. The van der Waals surface area contributed by atoms with Crippen LogP contribution in [0.15, 0.2) is 21.8 Å². The lowest BCUT2D eigenvalue weighted by atomic mass is 9.77. The summed E-state index contributed by atoms with van der Waals surface area (Å²) in [5.41, 5.74) is 2.04. The van der Waals surface area contributed by atoms with Gasteiger partial charge in [0.05, 0.1) is 11.1 Å². The zero-order valence-corrected chi connectivity index (χ0v) is 25.1. The van der Waals surface area contributed by atoms with Crippen LogP contribution in [0.3, 0.4) is 0 Å². The number of nitrogens with zero attached hydrogens (tertiary/aromatic N) is 1. The Balaban J connectivity index is 1.25. The van der Waals surface area contributed by atoms with Crippen molar-refractivity contribution in [1.82, 2.24) is 15.2 Å². The number of aromatic amines is 1. The molecule has 3 aliphatic rings. The highest BCUT2D eigenvalue weighted by Crippen LogP contribution is 2.52. The lowest BCUT2D eigenvalue weighted by Crippen LogP contribution is -2.56. The van der Waals surface area contributed by atoms with Crippen LogP contribution >= 0.6 is 23.4 Å². The van der Waals surface area contributed by atoms with E-state index in [1.165, 1.54) is 11.8 Å². The predicted molar refractivity (Wildman–Crippen MR) is 153 cm³/mol. The van der Waals surface area contributed by atoms with Gasteiger partial charge in [-0.2, -0.15) is 0 Å². The van der Waals surface area contributed by atoms with E-state index < -0.39 is 5.79 Å². The summed E-state index contributed by atoms with van der Waals surface area (Å²) in [7, 11) is 1.68.